The van der Waals surface area contributed by atoms with Crippen LogP contribution in [0.2, 0.25) is 0 Å². The number of amides is 7. The van der Waals surface area contributed by atoms with Gasteiger partial charge in [0, 0.05) is 105 Å². The van der Waals surface area contributed by atoms with Crippen molar-refractivity contribution in [2.75, 3.05) is 57.7 Å². The third kappa shape index (κ3) is 15.2. The Balaban J connectivity index is 0.889. The largest absolute Gasteiger partial charge is 0.370 e. The van der Waals surface area contributed by atoms with Gasteiger partial charge in [-0.1, -0.05) is 92.5 Å². The van der Waals surface area contributed by atoms with Crippen LogP contribution in [0.3, 0.4) is 0 Å². The van der Waals surface area contributed by atoms with Crippen LogP contribution in [0.15, 0.2) is 124 Å². The van der Waals surface area contributed by atoms with E-state index < -0.39 is 52.9 Å². The van der Waals surface area contributed by atoms with Gasteiger partial charge >= 0.3 is 11.4 Å². The Hall–Kier alpha value is -8.66. The third-order valence-corrected chi connectivity index (χ3v) is 15.0. The molecule has 1 saturated heterocycles. The molecule has 2 fully saturated rings. The molecule has 1 aliphatic carbocycles. The number of aromatic nitrogens is 3. The second-order valence-corrected chi connectivity index (χ2v) is 20.6. The van der Waals surface area contributed by atoms with Crippen molar-refractivity contribution in [1.29, 1.82) is 0 Å². The van der Waals surface area contributed by atoms with E-state index in [1.54, 1.807) is 60.7 Å². The molecule has 4 aromatic carbocycles. The number of guanidine groups is 1. The number of nitrogens with one attached hydrogen (secondary N) is 6. The number of hydrogen-bond acceptors (Lipinski definition) is 11. The summed E-state index contributed by atoms with van der Waals surface area (Å²) >= 11 is 0. The van der Waals surface area contributed by atoms with Gasteiger partial charge in [0.2, 0.25) is 35.4 Å². The van der Waals surface area contributed by atoms with Crippen molar-refractivity contribution in [1.82, 2.24) is 50.3 Å². The molecule has 8 N–H and O–H groups in total. The van der Waals surface area contributed by atoms with Crippen LogP contribution in [-0.4, -0.2) is 129 Å². The van der Waals surface area contributed by atoms with Crippen LogP contribution in [-0.2, 0) is 35.3 Å². The summed E-state index contributed by atoms with van der Waals surface area (Å²) in [5, 5.41) is 16.4. The minimum atomic E-state index is -1.20. The summed E-state index contributed by atoms with van der Waals surface area (Å²) in [6.07, 6.45) is 2.39. The molecule has 2 aliphatic heterocycles. The van der Waals surface area contributed by atoms with Crippen LogP contribution in [0.5, 0.6) is 0 Å². The number of hydrogen-bond donors (Lipinski definition) is 7. The van der Waals surface area contributed by atoms with Gasteiger partial charge in [0.1, 0.15) is 6.04 Å². The second-order valence-electron chi connectivity index (χ2n) is 20.6. The first-order valence-electron chi connectivity index (χ1n) is 28.9. The number of nitrogens with zero attached hydrogens (tertiary/aromatic N) is 6. The topological polar surface area (TPSA) is 285 Å². The molecular formula is C59H73N13O9. The van der Waals surface area contributed by atoms with Gasteiger partial charge < -0.3 is 37.2 Å². The predicted octanol–water partition coefficient (Wildman–Crippen LogP) is 3.25. The number of carbonyl (C=O) groups is 7. The van der Waals surface area contributed by atoms with Gasteiger partial charge in [-0.3, -0.25) is 48.8 Å². The van der Waals surface area contributed by atoms with Crippen molar-refractivity contribution >= 4 is 53.0 Å². The Labute approximate surface area is 472 Å². The lowest BCUT2D eigenvalue weighted by Crippen LogP contribution is -2.51. The molecule has 3 aliphatic rings. The van der Waals surface area contributed by atoms with Gasteiger partial charge in [0.05, 0.1) is 17.4 Å². The second kappa shape index (κ2) is 28.0. The summed E-state index contributed by atoms with van der Waals surface area (Å²) in [6, 6.07) is 31.5. The fourth-order valence-corrected chi connectivity index (χ4v) is 11.0. The molecule has 428 valence electrons. The lowest BCUT2D eigenvalue weighted by atomic mass is 9.78. The van der Waals surface area contributed by atoms with Crippen molar-refractivity contribution in [3.63, 3.8) is 0 Å². The Morgan fingerprint density at radius 2 is 1.31 bits per heavy atom. The lowest BCUT2D eigenvalue weighted by molar-refractivity contribution is -0.137. The van der Waals surface area contributed by atoms with E-state index >= 15 is 0 Å². The first-order chi connectivity index (χ1) is 40.1. The average Bonchev–Trinajstić information content (AvgIpc) is 3.87. The van der Waals surface area contributed by atoms with E-state index in [4.69, 9.17) is 8.48 Å². The van der Waals surface area contributed by atoms with Crippen molar-refractivity contribution in [3.05, 3.63) is 147 Å². The molecule has 0 spiro atoms. The summed E-state index contributed by atoms with van der Waals surface area (Å²) in [6.45, 7) is 1.60. The third-order valence-electron chi connectivity index (χ3n) is 15.0. The number of benzene rings is 4. The highest BCUT2D eigenvalue weighted by Gasteiger charge is 2.41. The molecule has 22 heteroatoms. The minimum Gasteiger partial charge on any atom is -0.370 e. The Bertz CT molecular complexity index is 3190. The number of carbonyl (C=O) groups excluding carboxylic acids is 7. The standard InChI is InChI=1S/C59H73N13O9/c1-2-48(73)61-31-32-62-49(74)26-15-27-50(75)67-56(60)64-30-16-25-47(55(79)63-33-34-70-57(80)71(41-17-5-3-6-18-41)72(58(70)81)42-19-7-4-8-20-42)65-51(76)39-59(28-13-14-29-59)40-52(77)68-35-37-69(38-36-68)53-43-21-9-10-22-44(43)54(78)66-46-24-12-11-23-45(46)53/h3-12,17-24,47,53H,2,13-16,25-40H2,1H3,(H,61,73)(H,62,74)(H,63,79)(H,65,76)(H,66,78)(H3,60,64,67,75)/t47-,53?/m0/s1/i1T,2T/t2?,47-,53?. The maximum absolute atomic E-state index is 14.3. The van der Waals surface area contributed by atoms with Crippen molar-refractivity contribution in [3.8, 4) is 11.4 Å². The highest BCUT2D eigenvalue weighted by molar-refractivity contribution is 6.07. The zero-order chi connectivity index (χ0) is 58.9. The molecule has 22 nitrogen and oxygen atoms in total. The number of rotatable bonds is 24. The zero-order valence-electron chi connectivity index (χ0n) is 47.4. The lowest BCUT2D eigenvalue weighted by Gasteiger charge is -2.41. The van der Waals surface area contributed by atoms with Crippen LogP contribution in [0, 0.1) is 5.41 Å². The Morgan fingerprint density at radius 3 is 1.98 bits per heavy atom. The minimum absolute atomic E-state index is 0.00197. The molecule has 0 bridgehead atoms. The molecule has 0 radical (unpaired) electrons. The molecule has 3 atom stereocenters. The van der Waals surface area contributed by atoms with Gasteiger partial charge in [0.15, 0.2) is 5.96 Å². The SMILES string of the molecule is [3H]CC([3H])C(=O)NCCNC(=O)CCCC(=O)NC(N)=NCCC[C@H](NC(=O)CC1(CC(=O)N2CCN(C3c4ccccc4NC(=O)c4ccccc43)CC2)CCCC1)C(=O)NCCn1c(=O)n(-c2ccccc2)n(-c2ccccc2)c1=O. The molecule has 81 heavy (non-hydrogen) atoms. The highest BCUT2D eigenvalue weighted by Crippen LogP contribution is 2.45. The number of fused-ring (bicyclic) bond motifs is 2. The fraction of sp³-hybridized carbons (Fsp3) is 0.424. The molecular weight excluding hydrogens is 1030 g/mol. The number of piperazine rings is 1. The van der Waals surface area contributed by atoms with Crippen LogP contribution < -0.4 is 49.0 Å². The van der Waals surface area contributed by atoms with Crippen LogP contribution in [0.1, 0.15) is 114 Å². The van der Waals surface area contributed by atoms with Gasteiger partial charge in [-0.05, 0) is 85.0 Å². The predicted molar refractivity (Wildman–Crippen MR) is 306 cm³/mol. The van der Waals surface area contributed by atoms with E-state index in [0.29, 0.717) is 56.0 Å². The maximum Gasteiger partial charge on any atom is 0.352 e. The van der Waals surface area contributed by atoms with Crippen LogP contribution in [0.25, 0.3) is 11.4 Å². The summed E-state index contributed by atoms with van der Waals surface area (Å²) in [4.78, 5) is 129. The molecule has 1 aromatic heterocycles. The number of para-hydroxylation sites is 3. The Morgan fingerprint density at radius 1 is 0.704 bits per heavy atom. The van der Waals surface area contributed by atoms with Gasteiger partial charge in [-0.2, -0.15) is 9.36 Å². The van der Waals surface area contributed by atoms with E-state index in [0.717, 1.165) is 34.2 Å². The Kier molecular flexibility index (Phi) is 19.2. The number of anilines is 1. The quantitative estimate of drug-likeness (QED) is 0.0268. The first-order valence-corrected chi connectivity index (χ1v) is 27.6. The molecule has 2 unspecified atom stereocenters. The monoisotopic (exact) mass is 1110 g/mol. The van der Waals surface area contributed by atoms with Crippen molar-refractivity contribution < 1.29 is 36.3 Å². The van der Waals surface area contributed by atoms with Gasteiger partial charge in [-0.15, -0.1) is 0 Å². The normalized spacial score (nSPS) is 16.9. The van der Waals surface area contributed by atoms with Crippen LogP contribution >= 0.6 is 0 Å². The van der Waals surface area contributed by atoms with E-state index in [2.05, 4.69) is 41.8 Å². The van der Waals surface area contributed by atoms with Crippen molar-refractivity contribution in [2.45, 2.75) is 103 Å². The summed E-state index contributed by atoms with van der Waals surface area (Å²) in [7, 11) is 0. The van der Waals surface area contributed by atoms with E-state index in [9.17, 15) is 43.2 Å². The van der Waals surface area contributed by atoms with E-state index in [1.807, 2.05) is 53.4 Å². The smallest absolute Gasteiger partial charge is 0.352 e. The summed E-state index contributed by atoms with van der Waals surface area (Å²) in [5.41, 5.74) is 8.31. The molecule has 7 amide bonds. The van der Waals surface area contributed by atoms with Crippen molar-refractivity contribution in [2.24, 2.45) is 16.1 Å². The zero-order valence-corrected chi connectivity index (χ0v) is 45.4. The number of nitrogens with two attached hydrogens (primary N) is 1. The van der Waals surface area contributed by atoms with Crippen LogP contribution in [0.4, 0.5) is 5.69 Å². The van der Waals surface area contributed by atoms with Gasteiger partial charge in [-0.25, -0.2) is 14.2 Å². The maximum atomic E-state index is 14.3. The summed E-state index contributed by atoms with van der Waals surface area (Å²) in [5.74, 6) is -2.81. The average molecular weight is 1110 g/mol. The molecule has 1 saturated carbocycles. The fourth-order valence-electron chi connectivity index (χ4n) is 11.0. The van der Waals surface area contributed by atoms with Gasteiger partial charge in [0.25, 0.3) is 5.91 Å². The highest BCUT2D eigenvalue weighted by atomic mass is 16.2. The van der Waals surface area contributed by atoms with E-state index in [-0.39, 0.29) is 114 Å². The van der Waals surface area contributed by atoms with E-state index in [1.165, 1.54) is 9.36 Å². The molecule has 5 aromatic rings. The summed E-state index contributed by atoms with van der Waals surface area (Å²) < 4.78 is 18.1. The number of aliphatic imine (C=N–C) groups is 1. The molecule has 8 rings (SSSR count). The first kappa shape index (κ1) is 55.6. The molecule has 3 heterocycles.